The molecule has 2 aromatic rings. The van der Waals surface area contributed by atoms with Crippen molar-refractivity contribution in [1.82, 2.24) is 9.78 Å². The van der Waals surface area contributed by atoms with Crippen LogP contribution in [0.2, 0.25) is 0 Å². The van der Waals surface area contributed by atoms with Crippen molar-refractivity contribution in [2.75, 3.05) is 5.32 Å². The topological polar surface area (TPSA) is 29.9 Å². The minimum absolute atomic E-state index is 0.295. The zero-order valence-corrected chi connectivity index (χ0v) is 10.3. The molecular weight excluding hydrogens is 236 g/mol. The molecule has 2 rings (SSSR count). The molecule has 5 heteroatoms. The Balaban J connectivity index is 2.00. The number of rotatable bonds is 4. The summed E-state index contributed by atoms with van der Waals surface area (Å²) in [5.41, 5.74) is 1.54. The highest BCUT2D eigenvalue weighted by Gasteiger charge is 2.04. The van der Waals surface area contributed by atoms with Crippen LogP contribution in [0.1, 0.15) is 25.5 Å². The van der Waals surface area contributed by atoms with Crippen molar-refractivity contribution in [2.45, 2.75) is 26.4 Å². The SMILES string of the molecule is CC(C)n1cc(NCc2ccc(F)c(F)c2)cn1. The first kappa shape index (κ1) is 12.5. The normalized spacial score (nSPS) is 10.9. The van der Waals surface area contributed by atoms with E-state index in [0.717, 1.165) is 11.8 Å². The predicted molar refractivity (Wildman–Crippen MR) is 66.3 cm³/mol. The molecule has 0 saturated heterocycles. The maximum atomic E-state index is 13.0. The third-order valence-corrected chi connectivity index (χ3v) is 2.61. The van der Waals surface area contributed by atoms with Crippen LogP contribution in [-0.4, -0.2) is 9.78 Å². The first-order valence-corrected chi connectivity index (χ1v) is 5.78. The molecule has 0 amide bonds. The summed E-state index contributed by atoms with van der Waals surface area (Å²) in [5.74, 6) is -1.65. The third kappa shape index (κ3) is 2.85. The van der Waals surface area contributed by atoms with E-state index in [-0.39, 0.29) is 0 Å². The molecule has 1 aromatic carbocycles. The monoisotopic (exact) mass is 251 g/mol. The van der Waals surface area contributed by atoms with Crippen molar-refractivity contribution in [3.05, 3.63) is 47.8 Å². The summed E-state index contributed by atoms with van der Waals surface area (Å²) in [7, 11) is 0. The lowest BCUT2D eigenvalue weighted by atomic mass is 10.2. The fourth-order valence-corrected chi connectivity index (χ4v) is 1.57. The van der Waals surface area contributed by atoms with Gasteiger partial charge in [0.2, 0.25) is 0 Å². The van der Waals surface area contributed by atoms with Crippen molar-refractivity contribution >= 4 is 5.69 Å². The van der Waals surface area contributed by atoms with E-state index in [1.165, 1.54) is 6.07 Å². The number of aromatic nitrogens is 2. The van der Waals surface area contributed by atoms with Gasteiger partial charge in [0.25, 0.3) is 0 Å². The highest BCUT2D eigenvalue weighted by Crippen LogP contribution is 2.13. The van der Waals surface area contributed by atoms with E-state index in [0.29, 0.717) is 18.2 Å². The number of halogens is 2. The van der Waals surface area contributed by atoms with E-state index in [4.69, 9.17) is 0 Å². The summed E-state index contributed by atoms with van der Waals surface area (Å²) in [4.78, 5) is 0. The quantitative estimate of drug-likeness (QED) is 0.903. The number of hydrogen-bond donors (Lipinski definition) is 1. The second-order valence-corrected chi connectivity index (χ2v) is 4.40. The number of nitrogens with one attached hydrogen (secondary N) is 1. The highest BCUT2D eigenvalue weighted by atomic mass is 19.2. The molecule has 1 N–H and O–H groups in total. The van der Waals surface area contributed by atoms with Crippen LogP contribution in [-0.2, 0) is 6.54 Å². The van der Waals surface area contributed by atoms with Crippen molar-refractivity contribution in [1.29, 1.82) is 0 Å². The summed E-state index contributed by atoms with van der Waals surface area (Å²) in [5, 5.41) is 7.29. The van der Waals surface area contributed by atoms with E-state index < -0.39 is 11.6 Å². The Morgan fingerprint density at radius 3 is 2.67 bits per heavy atom. The van der Waals surface area contributed by atoms with E-state index in [9.17, 15) is 8.78 Å². The number of nitrogens with zero attached hydrogens (tertiary/aromatic N) is 2. The lowest BCUT2D eigenvalue weighted by molar-refractivity contribution is 0.507. The molecule has 0 radical (unpaired) electrons. The Morgan fingerprint density at radius 1 is 1.28 bits per heavy atom. The fraction of sp³-hybridized carbons (Fsp3) is 0.308. The molecule has 1 heterocycles. The Bertz CT molecular complexity index is 535. The van der Waals surface area contributed by atoms with Gasteiger partial charge in [0.05, 0.1) is 11.9 Å². The van der Waals surface area contributed by atoms with Gasteiger partial charge in [-0.05, 0) is 31.5 Å². The number of hydrogen-bond acceptors (Lipinski definition) is 2. The summed E-state index contributed by atoms with van der Waals surface area (Å²) in [6.45, 7) is 4.50. The number of anilines is 1. The average molecular weight is 251 g/mol. The average Bonchev–Trinajstić information content (AvgIpc) is 2.79. The zero-order valence-electron chi connectivity index (χ0n) is 10.3. The molecular formula is C13H15F2N3. The van der Waals surface area contributed by atoms with Gasteiger partial charge in [-0.15, -0.1) is 0 Å². The molecule has 3 nitrogen and oxygen atoms in total. The number of benzene rings is 1. The smallest absolute Gasteiger partial charge is 0.159 e. The molecule has 18 heavy (non-hydrogen) atoms. The predicted octanol–water partition coefficient (Wildman–Crippen LogP) is 3.35. The van der Waals surface area contributed by atoms with E-state index in [1.54, 1.807) is 12.3 Å². The second kappa shape index (κ2) is 5.16. The van der Waals surface area contributed by atoms with Gasteiger partial charge in [-0.25, -0.2) is 8.78 Å². The fourth-order valence-electron chi connectivity index (χ4n) is 1.57. The molecule has 0 atom stereocenters. The molecule has 0 saturated carbocycles. The molecule has 0 spiro atoms. The van der Waals surface area contributed by atoms with Crippen LogP contribution in [0.4, 0.5) is 14.5 Å². The standard InChI is InChI=1S/C13H15F2N3/c1-9(2)18-8-11(7-17-18)16-6-10-3-4-12(14)13(15)5-10/h3-5,7-9,16H,6H2,1-2H3. The van der Waals surface area contributed by atoms with Gasteiger partial charge in [-0.1, -0.05) is 6.07 Å². The maximum absolute atomic E-state index is 13.0. The summed E-state index contributed by atoms with van der Waals surface area (Å²) in [6, 6.07) is 4.17. The summed E-state index contributed by atoms with van der Waals surface area (Å²) < 4.78 is 27.6. The van der Waals surface area contributed by atoms with Crippen LogP contribution in [0.3, 0.4) is 0 Å². The molecule has 0 aliphatic heterocycles. The van der Waals surface area contributed by atoms with E-state index >= 15 is 0 Å². The first-order chi connectivity index (χ1) is 8.56. The van der Waals surface area contributed by atoms with Gasteiger partial charge in [0, 0.05) is 18.8 Å². The van der Waals surface area contributed by atoms with E-state index in [2.05, 4.69) is 10.4 Å². The molecule has 0 aliphatic carbocycles. The van der Waals surface area contributed by atoms with Crippen LogP contribution in [0.25, 0.3) is 0 Å². The van der Waals surface area contributed by atoms with Gasteiger partial charge in [-0.3, -0.25) is 4.68 Å². The van der Waals surface area contributed by atoms with Crippen LogP contribution >= 0.6 is 0 Å². The van der Waals surface area contributed by atoms with Crippen LogP contribution in [0.15, 0.2) is 30.6 Å². The van der Waals surface area contributed by atoms with Crippen molar-refractivity contribution in [3.8, 4) is 0 Å². The summed E-state index contributed by atoms with van der Waals surface area (Å²) in [6.07, 6.45) is 3.59. The second-order valence-electron chi connectivity index (χ2n) is 4.40. The van der Waals surface area contributed by atoms with Crippen LogP contribution < -0.4 is 5.32 Å². The van der Waals surface area contributed by atoms with Crippen LogP contribution in [0, 0.1) is 11.6 Å². The van der Waals surface area contributed by atoms with Gasteiger partial charge in [0.1, 0.15) is 0 Å². The minimum atomic E-state index is -0.827. The minimum Gasteiger partial charge on any atom is -0.378 e. The van der Waals surface area contributed by atoms with Crippen molar-refractivity contribution in [2.24, 2.45) is 0 Å². The molecule has 0 unspecified atom stereocenters. The van der Waals surface area contributed by atoms with Crippen LogP contribution in [0.5, 0.6) is 0 Å². The first-order valence-electron chi connectivity index (χ1n) is 5.78. The lowest BCUT2D eigenvalue weighted by Gasteiger charge is -2.05. The molecule has 96 valence electrons. The van der Waals surface area contributed by atoms with Crippen molar-refractivity contribution < 1.29 is 8.78 Å². The Morgan fingerprint density at radius 2 is 2.06 bits per heavy atom. The van der Waals surface area contributed by atoms with Gasteiger partial charge < -0.3 is 5.32 Å². The van der Waals surface area contributed by atoms with Gasteiger partial charge in [0.15, 0.2) is 11.6 Å². The highest BCUT2D eigenvalue weighted by molar-refractivity contribution is 5.39. The Kier molecular flexibility index (Phi) is 3.60. The molecule has 0 fully saturated rings. The third-order valence-electron chi connectivity index (χ3n) is 2.61. The Labute approximate surface area is 104 Å². The molecule has 0 aliphatic rings. The lowest BCUT2D eigenvalue weighted by Crippen LogP contribution is -2.01. The largest absolute Gasteiger partial charge is 0.378 e. The van der Waals surface area contributed by atoms with Crippen molar-refractivity contribution in [3.63, 3.8) is 0 Å². The summed E-state index contributed by atoms with van der Waals surface area (Å²) >= 11 is 0. The molecule has 0 bridgehead atoms. The zero-order chi connectivity index (χ0) is 13.1. The maximum Gasteiger partial charge on any atom is 0.159 e. The van der Waals surface area contributed by atoms with Gasteiger partial charge in [-0.2, -0.15) is 5.10 Å². The van der Waals surface area contributed by atoms with E-state index in [1.807, 2.05) is 24.7 Å². The van der Waals surface area contributed by atoms with Gasteiger partial charge >= 0.3 is 0 Å². The Hall–Kier alpha value is -1.91. The molecule has 1 aromatic heterocycles.